The van der Waals surface area contributed by atoms with Gasteiger partial charge in [0.15, 0.2) is 5.82 Å². The third kappa shape index (κ3) is 1.87. The van der Waals surface area contributed by atoms with E-state index < -0.39 is 17.5 Å². The van der Waals surface area contributed by atoms with Crippen LogP contribution in [0.25, 0.3) is 0 Å². The number of aryl methyl sites for hydroxylation is 1. The molecule has 0 bridgehead atoms. The van der Waals surface area contributed by atoms with Crippen LogP contribution >= 0.6 is 11.6 Å². The van der Waals surface area contributed by atoms with Crippen LogP contribution < -0.4 is 4.90 Å². The summed E-state index contributed by atoms with van der Waals surface area (Å²) in [6.07, 6.45) is 0. The van der Waals surface area contributed by atoms with Gasteiger partial charge in [0.25, 0.3) is 11.7 Å². The van der Waals surface area contributed by atoms with Gasteiger partial charge in [0.2, 0.25) is 5.89 Å². The molecule has 3 rings (SSSR count). The van der Waals surface area contributed by atoms with E-state index in [0.29, 0.717) is 5.82 Å². The fourth-order valence-corrected chi connectivity index (χ4v) is 2.15. The van der Waals surface area contributed by atoms with Crippen LogP contribution in [0, 0.1) is 12.7 Å². The number of carbonyl (C=O) groups excluding carboxylic acids is 2. The van der Waals surface area contributed by atoms with Crippen molar-refractivity contribution < 1.29 is 18.5 Å². The number of benzene rings is 1. The lowest BCUT2D eigenvalue weighted by Gasteiger charge is -2.13. The van der Waals surface area contributed by atoms with Crippen molar-refractivity contribution in [1.82, 2.24) is 10.1 Å². The molecule has 20 heavy (non-hydrogen) atoms. The number of ketones is 1. The van der Waals surface area contributed by atoms with Crippen molar-refractivity contribution in [3.63, 3.8) is 0 Å². The van der Waals surface area contributed by atoms with Crippen molar-refractivity contribution in [2.45, 2.75) is 13.5 Å². The number of carbonyl (C=O) groups is 2. The lowest BCUT2D eigenvalue weighted by molar-refractivity contribution is -0.114. The largest absolute Gasteiger partial charge is 0.337 e. The third-order valence-corrected chi connectivity index (χ3v) is 3.17. The van der Waals surface area contributed by atoms with Gasteiger partial charge in [-0.15, -0.1) is 0 Å². The summed E-state index contributed by atoms with van der Waals surface area (Å²) in [6.45, 7) is 1.52. The van der Waals surface area contributed by atoms with E-state index in [4.69, 9.17) is 16.1 Å². The molecule has 2 heterocycles. The van der Waals surface area contributed by atoms with E-state index in [-0.39, 0.29) is 28.7 Å². The van der Waals surface area contributed by atoms with Crippen molar-refractivity contribution in [3.05, 3.63) is 40.3 Å². The Balaban J connectivity index is 2.03. The highest BCUT2D eigenvalue weighted by Crippen LogP contribution is 2.33. The molecule has 1 aliphatic rings. The zero-order chi connectivity index (χ0) is 14.4. The Bertz CT molecular complexity index is 744. The molecule has 0 fully saturated rings. The van der Waals surface area contributed by atoms with Gasteiger partial charge < -0.3 is 4.52 Å². The number of fused-ring (bicyclic) bond motifs is 1. The van der Waals surface area contributed by atoms with E-state index in [9.17, 15) is 14.0 Å². The number of hydrogen-bond donors (Lipinski definition) is 0. The van der Waals surface area contributed by atoms with Gasteiger partial charge in [-0.2, -0.15) is 4.98 Å². The summed E-state index contributed by atoms with van der Waals surface area (Å²) >= 11 is 5.62. The molecule has 0 radical (unpaired) electrons. The zero-order valence-electron chi connectivity index (χ0n) is 10.2. The van der Waals surface area contributed by atoms with E-state index >= 15 is 0 Å². The maximum Gasteiger partial charge on any atom is 0.299 e. The molecule has 0 aliphatic carbocycles. The Hall–Kier alpha value is -2.28. The van der Waals surface area contributed by atoms with E-state index in [0.717, 1.165) is 17.0 Å². The molecule has 0 unspecified atom stereocenters. The normalized spacial score (nSPS) is 14.1. The molecule has 0 N–H and O–H groups in total. The maximum atomic E-state index is 13.5. The van der Waals surface area contributed by atoms with Crippen molar-refractivity contribution in [3.8, 4) is 0 Å². The van der Waals surface area contributed by atoms with Gasteiger partial charge in [0.05, 0.1) is 16.3 Å². The molecule has 1 amide bonds. The summed E-state index contributed by atoms with van der Waals surface area (Å²) in [6, 6.07) is 2.19. The Kier molecular flexibility index (Phi) is 2.79. The summed E-state index contributed by atoms with van der Waals surface area (Å²) in [4.78, 5) is 28.8. The molecular formula is C12H7ClFN3O3. The number of nitrogens with zero attached hydrogens (tertiary/aromatic N) is 3. The molecule has 1 aliphatic heterocycles. The molecule has 8 heteroatoms. The number of aromatic nitrogens is 2. The van der Waals surface area contributed by atoms with Gasteiger partial charge in [0, 0.05) is 0 Å². The first-order chi connectivity index (χ1) is 9.47. The van der Waals surface area contributed by atoms with Crippen LogP contribution in [-0.4, -0.2) is 21.8 Å². The van der Waals surface area contributed by atoms with Crippen LogP contribution in [0.2, 0.25) is 5.02 Å². The Morgan fingerprint density at radius 2 is 2.15 bits per heavy atom. The predicted molar refractivity (Wildman–Crippen MR) is 66.0 cm³/mol. The van der Waals surface area contributed by atoms with E-state index in [2.05, 4.69) is 10.1 Å². The maximum absolute atomic E-state index is 13.5. The summed E-state index contributed by atoms with van der Waals surface area (Å²) in [5, 5.41) is 3.38. The van der Waals surface area contributed by atoms with Gasteiger partial charge in [-0.05, 0) is 19.1 Å². The van der Waals surface area contributed by atoms with E-state index in [1.807, 2.05) is 0 Å². The number of amides is 1. The lowest BCUT2D eigenvalue weighted by atomic mass is 10.1. The Labute approximate surface area is 117 Å². The number of halogens is 2. The summed E-state index contributed by atoms with van der Waals surface area (Å²) < 4.78 is 18.4. The topological polar surface area (TPSA) is 76.3 Å². The molecule has 1 aromatic carbocycles. The van der Waals surface area contributed by atoms with E-state index in [1.165, 1.54) is 0 Å². The fourth-order valence-electron chi connectivity index (χ4n) is 1.99. The fraction of sp³-hybridized carbons (Fsp3) is 0.167. The second kappa shape index (κ2) is 4.38. The van der Waals surface area contributed by atoms with Gasteiger partial charge in [-0.1, -0.05) is 16.8 Å². The van der Waals surface area contributed by atoms with Crippen LogP contribution in [0.1, 0.15) is 22.1 Å². The standard InChI is InChI=1S/C12H7ClFN3O3/c1-5-15-10(20-16-5)4-17-9-3-8(14)7(13)2-6(9)11(18)12(17)19/h2-3H,4H2,1H3. The van der Waals surface area contributed by atoms with Crippen molar-refractivity contribution in [1.29, 1.82) is 0 Å². The third-order valence-electron chi connectivity index (χ3n) is 2.88. The summed E-state index contributed by atoms with van der Waals surface area (Å²) in [5.41, 5.74) is 0.218. The van der Waals surface area contributed by atoms with Crippen LogP contribution in [0.3, 0.4) is 0 Å². The molecule has 0 saturated carbocycles. The second-order valence-corrected chi connectivity index (χ2v) is 4.65. The van der Waals surface area contributed by atoms with Gasteiger partial charge in [0.1, 0.15) is 12.4 Å². The second-order valence-electron chi connectivity index (χ2n) is 4.24. The molecule has 6 nitrogen and oxygen atoms in total. The molecular weight excluding hydrogens is 289 g/mol. The van der Waals surface area contributed by atoms with Gasteiger partial charge in [-0.3, -0.25) is 14.5 Å². The number of rotatable bonds is 2. The molecule has 0 saturated heterocycles. The molecule has 0 atom stereocenters. The minimum absolute atomic E-state index is 0.0673. The van der Waals surface area contributed by atoms with Crippen molar-refractivity contribution >= 4 is 29.0 Å². The monoisotopic (exact) mass is 295 g/mol. The molecule has 0 spiro atoms. The zero-order valence-corrected chi connectivity index (χ0v) is 10.9. The van der Waals surface area contributed by atoms with Crippen molar-refractivity contribution in [2.75, 3.05) is 4.90 Å². The quantitative estimate of drug-likeness (QED) is 0.791. The number of hydrogen-bond acceptors (Lipinski definition) is 5. The first kappa shape index (κ1) is 12.7. The molecule has 1 aromatic heterocycles. The first-order valence-corrected chi connectivity index (χ1v) is 5.99. The van der Waals surface area contributed by atoms with Crippen LogP contribution in [-0.2, 0) is 11.3 Å². The van der Waals surface area contributed by atoms with Crippen LogP contribution in [0.15, 0.2) is 16.7 Å². The van der Waals surface area contributed by atoms with Crippen LogP contribution in [0.4, 0.5) is 10.1 Å². The highest BCUT2D eigenvalue weighted by Gasteiger charge is 2.37. The van der Waals surface area contributed by atoms with Crippen molar-refractivity contribution in [2.24, 2.45) is 0 Å². The minimum atomic E-state index is -0.780. The van der Waals surface area contributed by atoms with Crippen LogP contribution in [0.5, 0.6) is 0 Å². The Morgan fingerprint density at radius 1 is 1.40 bits per heavy atom. The smallest absolute Gasteiger partial charge is 0.299 e. The summed E-state index contributed by atoms with van der Waals surface area (Å²) in [5.74, 6) is -1.66. The average molecular weight is 296 g/mol. The summed E-state index contributed by atoms with van der Waals surface area (Å²) in [7, 11) is 0. The minimum Gasteiger partial charge on any atom is -0.337 e. The number of Topliss-reactive ketones (excluding diaryl/α,β-unsaturated/α-hetero) is 1. The Morgan fingerprint density at radius 3 is 2.80 bits per heavy atom. The highest BCUT2D eigenvalue weighted by molar-refractivity contribution is 6.52. The number of anilines is 1. The highest BCUT2D eigenvalue weighted by atomic mass is 35.5. The predicted octanol–water partition coefficient (Wildman–Crippen LogP) is 1.90. The molecule has 102 valence electrons. The van der Waals surface area contributed by atoms with Gasteiger partial charge in [-0.25, -0.2) is 4.39 Å². The van der Waals surface area contributed by atoms with Gasteiger partial charge >= 0.3 is 0 Å². The lowest BCUT2D eigenvalue weighted by Crippen LogP contribution is -2.29. The average Bonchev–Trinajstić information content (AvgIpc) is 2.90. The first-order valence-electron chi connectivity index (χ1n) is 5.62. The van der Waals surface area contributed by atoms with E-state index in [1.54, 1.807) is 6.92 Å². The SMILES string of the molecule is Cc1noc(CN2C(=O)C(=O)c3cc(Cl)c(F)cc32)n1. The molecule has 2 aromatic rings.